The van der Waals surface area contributed by atoms with Crippen molar-refractivity contribution in [2.75, 3.05) is 11.9 Å². The van der Waals surface area contributed by atoms with Gasteiger partial charge in [0.1, 0.15) is 0 Å². The summed E-state index contributed by atoms with van der Waals surface area (Å²) in [5.74, 6) is 0.910. The molecule has 1 heterocycles. The van der Waals surface area contributed by atoms with Crippen LogP contribution in [0.1, 0.15) is 46.5 Å². The predicted octanol–water partition coefficient (Wildman–Crippen LogP) is 4.92. The molecule has 0 radical (unpaired) electrons. The molecule has 2 aromatic carbocycles. The van der Waals surface area contributed by atoms with E-state index in [2.05, 4.69) is 81.2 Å². The first-order valence-electron chi connectivity index (χ1n) is 10.1. The number of anilines is 2. The minimum atomic E-state index is -0.291. The molecule has 0 spiro atoms. The first-order valence-corrected chi connectivity index (χ1v) is 10.1. The molecule has 142 valence electrons. The van der Waals surface area contributed by atoms with Crippen LogP contribution in [0.25, 0.3) is 0 Å². The second-order valence-corrected chi connectivity index (χ2v) is 8.78. The van der Waals surface area contributed by atoms with Gasteiger partial charge in [0.15, 0.2) is 0 Å². The van der Waals surface area contributed by atoms with Gasteiger partial charge in [-0.1, -0.05) is 43.2 Å². The number of para-hydroxylation sites is 1. The molecule has 0 N–H and O–H groups in total. The highest BCUT2D eigenvalue weighted by Crippen LogP contribution is 2.44. The third kappa shape index (κ3) is 3.79. The van der Waals surface area contributed by atoms with Crippen molar-refractivity contribution in [3.63, 3.8) is 0 Å². The number of benzene rings is 2. The monoisotopic (exact) mass is 363 g/mol. The molecule has 1 unspecified atom stereocenters. The maximum absolute atomic E-state index is 6.48. The van der Waals surface area contributed by atoms with E-state index in [4.69, 9.17) is 9.31 Å². The number of rotatable bonds is 6. The Morgan fingerprint density at radius 3 is 2.19 bits per heavy atom. The van der Waals surface area contributed by atoms with Crippen LogP contribution < -0.4 is 10.4 Å². The van der Waals surface area contributed by atoms with E-state index in [0.717, 1.165) is 23.5 Å². The normalized spacial score (nSPS) is 24.2. The van der Waals surface area contributed by atoms with Crippen LogP contribution in [0.3, 0.4) is 0 Å². The summed E-state index contributed by atoms with van der Waals surface area (Å²) in [6.07, 6.45) is 5.08. The van der Waals surface area contributed by atoms with Gasteiger partial charge in [-0.3, -0.25) is 0 Å². The first-order chi connectivity index (χ1) is 12.9. The lowest BCUT2D eigenvalue weighted by atomic mass is 9.79. The van der Waals surface area contributed by atoms with Crippen LogP contribution in [0.2, 0.25) is 0 Å². The Labute approximate surface area is 163 Å². The second-order valence-electron chi connectivity index (χ2n) is 8.78. The molecule has 1 aliphatic heterocycles. The summed E-state index contributed by atoms with van der Waals surface area (Å²) >= 11 is 0. The van der Waals surface area contributed by atoms with Gasteiger partial charge >= 0.3 is 7.12 Å². The Hall–Kier alpha value is -1.78. The predicted molar refractivity (Wildman–Crippen MR) is 113 cm³/mol. The Bertz CT molecular complexity index is 773. The second kappa shape index (κ2) is 6.99. The van der Waals surface area contributed by atoms with Crippen molar-refractivity contribution in [2.45, 2.75) is 57.7 Å². The maximum Gasteiger partial charge on any atom is 0.494 e. The molecule has 1 saturated heterocycles. The molecular formula is C23H30BNO2. The minimum absolute atomic E-state index is 0.236. The molecule has 0 aromatic heterocycles. The average molecular weight is 363 g/mol. The number of hydrogen-bond acceptors (Lipinski definition) is 3. The smallest absolute Gasteiger partial charge is 0.399 e. The van der Waals surface area contributed by atoms with Crippen molar-refractivity contribution in [1.82, 2.24) is 0 Å². The van der Waals surface area contributed by atoms with Crippen molar-refractivity contribution < 1.29 is 9.31 Å². The van der Waals surface area contributed by atoms with E-state index in [1.165, 1.54) is 24.9 Å². The molecule has 2 aromatic rings. The van der Waals surface area contributed by atoms with Gasteiger partial charge in [0.2, 0.25) is 0 Å². The minimum Gasteiger partial charge on any atom is -0.399 e. The quantitative estimate of drug-likeness (QED) is 0.680. The van der Waals surface area contributed by atoms with Gasteiger partial charge < -0.3 is 14.2 Å². The molecular weight excluding hydrogens is 333 g/mol. The van der Waals surface area contributed by atoms with Crippen molar-refractivity contribution in [2.24, 2.45) is 5.92 Å². The molecule has 27 heavy (non-hydrogen) atoms. The van der Waals surface area contributed by atoms with E-state index in [1.807, 2.05) is 6.07 Å². The van der Waals surface area contributed by atoms with Gasteiger partial charge in [-0.05, 0) is 69.3 Å². The fourth-order valence-electron chi connectivity index (χ4n) is 3.83. The molecule has 2 aliphatic rings. The van der Waals surface area contributed by atoms with E-state index in [1.54, 1.807) is 0 Å². The molecule has 1 atom stereocenters. The first kappa shape index (κ1) is 18.6. The lowest BCUT2D eigenvalue weighted by Gasteiger charge is -2.36. The van der Waals surface area contributed by atoms with Crippen LogP contribution >= 0.6 is 0 Å². The van der Waals surface area contributed by atoms with Crippen molar-refractivity contribution in [3.8, 4) is 0 Å². The summed E-state index contributed by atoms with van der Waals surface area (Å²) < 4.78 is 12.8. The lowest BCUT2D eigenvalue weighted by Crippen LogP contribution is -2.44. The Morgan fingerprint density at radius 1 is 0.926 bits per heavy atom. The van der Waals surface area contributed by atoms with Gasteiger partial charge in [0.05, 0.1) is 11.2 Å². The molecule has 4 rings (SSSR count). The average Bonchev–Trinajstić information content (AvgIpc) is 3.47. The fraction of sp³-hybridized carbons (Fsp3) is 0.478. The largest absolute Gasteiger partial charge is 0.494 e. The Morgan fingerprint density at radius 2 is 1.56 bits per heavy atom. The highest BCUT2D eigenvalue weighted by atomic mass is 16.7. The van der Waals surface area contributed by atoms with Crippen LogP contribution in [0, 0.1) is 5.92 Å². The molecule has 1 aliphatic carbocycles. The number of hydrogen-bond donors (Lipinski definition) is 0. The molecule has 4 heteroatoms. The standard InChI is InChI=1S/C23H30BNO2/c1-22(2)23(3,17-16-18-10-11-18)27-24(26-22)19-12-14-21(15-13-19)25(4)20-8-6-5-7-9-20/h5-9,12-15,18H,10-11,16-17H2,1-4H3. The Kier molecular flexibility index (Phi) is 4.81. The van der Waals surface area contributed by atoms with E-state index in [0.29, 0.717) is 0 Å². The summed E-state index contributed by atoms with van der Waals surface area (Å²) in [6, 6.07) is 18.9. The highest BCUT2D eigenvalue weighted by molar-refractivity contribution is 6.62. The summed E-state index contributed by atoms with van der Waals surface area (Å²) in [4.78, 5) is 2.18. The van der Waals surface area contributed by atoms with Gasteiger partial charge in [-0.25, -0.2) is 0 Å². The highest BCUT2D eigenvalue weighted by Gasteiger charge is 2.54. The summed E-state index contributed by atoms with van der Waals surface area (Å²) in [5, 5.41) is 0. The number of nitrogens with zero attached hydrogens (tertiary/aromatic N) is 1. The van der Waals surface area contributed by atoms with E-state index < -0.39 is 0 Å². The van der Waals surface area contributed by atoms with Gasteiger partial charge in [0.25, 0.3) is 0 Å². The summed E-state index contributed by atoms with van der Waals surface area (Å²) in [7, 11) is 1.80. The lowest BCUT2D eigenvalue weighted by molar-refractivity contribution is -0.0178. The van der Waals surface area contributed by atoms with E-state index in [-0.39, 0.29) is 18.3 Å². The molecule has 0 bridgehead atoms. The van der Waals surface area contributed by atoms with E-state index >= 15 is 0 Å². The zero-order valence-electron chi connectivity index (χ0n) is 16.9. The van der Waals surface area contributed by atoms with Crippen LogP contribution in [0.5, 0.6) is 0 Å². The Balaban J connectivity index is 1.47. The third-order valence-electron chi connectivity index (χ3n) is 6.47. The van der Waals surface area contributed by atoms with Gasteiger partial charge in [-0.2, -0.15) is 0 Å². The molecule has 0 amide bonds. The van der Waals surface area contributed by atoms with Crippen molar-refractivity contribution in [3.05, 3.63) is 54.6 Å². The van der Waals surface area contributed by atoms with Crippen LogP contribution in [-0.2, 0) is 9.31 Å². The van der Waals surface area contributed by atoms with E-state index in [9.17, 15) is 0 Å². The van der Waals surface area contributed by atoms with Crippen molar-refractivity contribution >= 4 is 24.0 Å². The van der Waals surface area contributed by atoms with Crippen LogP contribution in [0.4, 0.5) is 11.4 Å². The zero-order valence-corrected chi connectivity index (χ0v) is 16.9. The zero-order chi connectivity index (χ0) is 19.1. The summed E-state index contributed by atoms with van der Waals surface area (Å²) in [5.41, 5.74) is 2.89. The van der Waals surface area contributed by atoms with Gasteiger partial charge in [0, 0.05) is 18.4 Å². The van der Waals surface area contributed by atoms with Crippen LogP contribution in [0.15, 0.2) is 54.6 Å². The van der Waals surface area contributed by atoms with Crippen molar-refractivity contribution in [1.29, 1.82) is 0 Å². The molecule has 3 nitrogen and oxygen atoms in total. The SMILES string of the molecule is CN(c1ccccc1)c1ccc(B2OC(C)(C)C(C)(CCC3CC3)O2)cc1. The topological polar surface area (TPSA) is 21.7 Å². The van der Waals surface area contributed by atoms with Crippen LogP contribution in [-0.4, -0.2) is 25.4 Å². The molecule has 2 fully saturated rings. The van der Waals surface area contributed by atoms with Gasteiger partial charge in [-0.15, -0.1) is 0 Å². The maximum atomic E-state index is 6.48. The summed E-state index contributed by atoms with van der Waals surface area (Å²) in [6.45, 7) is 6.54. The fourth-order valence-corrected chi connectivity index (χ4v) is 3.83. The third-order valence-corrected chi connectivity index (χ3v) is 6.47. The molecule has 1 saturated carbocycles.